The summed E-state index contributed by atoms with van der Waals surface area (Å²) in [5.74, 6) is -0.119. The second-order valence-corrected chi connectivity index (χ2v) is 4.30. The number of carbonyl (C=O) groups excluding carboxylic acids is 1. The highest BCUT2D eigenvalue weighted by Gasteiger charge is 2.18. The van der Waals surface area contributed by atoms with Gasteiger partial charge in [-0.1, -0.05) is 0 Å². The Morgan fingerprint density at radius 2 is 2.19 bits per heavy atom. The van der Waals surface area contributed by atoms with Gasteiger partial charge in [0.2, 0.25) is 0 Å². The van der Waals surface area contributed by atoms with Gasteiger partial charge in [0, 0.05) is 20.3 Å². The van der Waals surface area contributed by atoms with Gasteiger partial charge >= 0.3 is 0 Å². The van der Waals surface area contributed by atoms with E-state index in [9.17, 15) is 4.79 Å². The molecule has 2 N–H and O–H groups in total. The number of hydrogen-bond donors (Lipinski definition) is 2. The Morgan fingerprint density at radius 1 is 1.44 bits per heavy atom. The van der Waals surface area contributed by atoms with Crippen LogP contribution in [0.3, 0.4) is 0 Å². The first kappa shape index (κ1) is 10.8. The highest BCUT2D eigenvalue weighted by molar-refractivity contribution is 7.21. The van der Waals surface area contributed by atoms with Crippen LogP contribution in [-0.4, -0.2) is 30.0 Å². The molecule has 0 saturated carbocycles. The molecule has 16 heavy (non-hydrogen) atoms. The predicted octanol–water partition coefficient (Wildman–Crippen LogP) is 1.40. The minimum atomic E-state index is -0.119. The predicted molar refractivity (Wildman–Crippen MR) is 65.1 cm³/mol. The standard InChI is InChI=1S/C10H12N4OS/c1-5-4-13-7-6(11-2)8(9(15)12-3)16-10(7)14-5/h4,11H,1-3H3,(H,12,15). The van der Waals surface area contributed by atoms with Crippen LogP contribution in [0.2, 0.25) is 0 Å². The van der Waals surface area contributed by atoms with Crippen molar-refractivity contribution >= 4 is 33.3 Å². The maximum atomic E-state index is 11.7. The summed E-state index contributed by atoms with van der Waals surface area (Å²) in [7, 11) is 3.38. The van der Waals surface area contributed by atoms with Crippen molar-refractivity contribution in [1.29, 1.82) is 0 Å². The van der Waals surface area contributed by atoms with Crippen molar-refractivity contribution in [2.75, 3.05) is 19.4 Å². The normalized spacial score (nSPS) is 10.4. The molecule has 0 fully saturated rings. The summed E-state index contributed by atoms with van der Waals surface area (Å²) in [5, 5.41) is 5.61. The molecule has 0 atom stereocenters. The molecule has 2 aromatic rings. The highest BCUT2D eigenvalue weighted by Crippen LogP contribution is 2.32. The molecule has 0 aromatic carbocycles. The zero-order valence-corrected chi connectivity index (χ0v) is 10.1. The van der Waals surface area contributed by atoms with Crippen molar-refractivity contribution in [2.45, 2.75) is 6.92 Å². The number of aryl methyl sites for hydroxylation is 1. The van der Waals surface area contributed by atoms with Gasteiger partial charge in [-0.25, -0.2) is 9.97 Å². The van der Waals surface area contributed by atoms with E-state index in [2.05, 4.69) is 20.6 Å². The molecular formula is C10H12N4OS. The number of carbonyl (C=O) groups is 1. The van der Waals surface area contributed by atoms with Gasteiger partial charge in [0.25, 0.3) is 5.91 Å². The third-order valence-corrected chi connectivity index (χ3v) is 3.28. The lowest BCUT2D eigenvalue weighted by molar-refractivity contribution is 0.0968. The largest absolute Gasteiger partial charge is 0.385 e. The Balaban J connectivity index is 2.70. The van der Waals surface area contributed by atoms with E-state index in [0.29, 0.717) is 4.88 Å². The fourth-order valence-electron chi connectivity index (χ4n) is 1.46. The van der Waals surface area contributed by atoms with Crippen molar-refractivity contribution in [3.8, 4) is 0 Å². The summed E-state index contributed by atoms with van der Waals surface area (Å²) in [6.07, 6.45) is 1.70. The Kier molecular flexibility index (Phi) is 2.74. The second-order valence-electron chi connectivity index (χ2n) is 3.30. The zero-order valence-electron chi connectivity index (χ0n) is 9.29. The summed E-state index contributed by atoms with van der Waals surface area (Å²) in [5.41, 5.74) is 2.34. The molecule has 2 heterocycles. The fourth-order valence-corrected chi connectivity index (χ4v) is 2.59. The number of fused-ring (bicyclic) bond motifs is 1. The molecule has 0 unspecified atom stereocenters. The van der Waals surface area contributed by atoms with Gasteiger partial charge in [-0.15, -0.1) is 11.3 Å². The lowest BCUT2D eigenvalue weighted by Crippen LogP contribution is -2.17. The van der Waals surface area contributed by atoms with E-state index in [1.165, 1.54) is 11.3 Å². The smallest absolute Gasteiger partial charge is 0.263 e. The number of rotatable bonds is 2. The van der Waals surface area contributed by atoms with Gasteiger partial charge in [0.15, 0.2) is 0 Å². The topological polar surface area (TPSA) is 66.9 Å². The Labute approximate surface area is 96.9 Å². The fraction of sp³-hybridized carbons (Fsp3) is 0.300. The second kappa shape index (κ2) is 4.05. The summed E-state index contributed by atoms with van der Waals surface area (Å²) in [6, 6.07) is 0. The average Bonchev–Trinajstić information content (AvgIpc) is 2.65. The summed E-state index contributed by atoms with van der Waals surface area (Å²) in [4.78, 5) is 21.7. The van der Waals surface area contributed by atoms with Crippen LogP contribution in [0.25, 0.3) is 10.3 Å². The van der Waals surface area contributed by atoms with Crippen LogP contribution in [0.1, 0.15) is 15.4 Å². The number of hydrogen-bond acceptors (Lipinski definition) is 5. The van der Waals surface area contributed by atoms with Crippen LogP contribution in [0.4, 0.5) is 5.69 Å². The maximum Gasteiger partial charge on any atom is 0.263 e. The Morgan fingerprint density at radius 3 is 2.81 bits per heavy atom. The highest BCUT2D eigenvalue weighted by atomic mass is 32.1. The van der Waals surface area contributed by atoms with Crippen molar-refractivity contribution in [2.24, 2.45) is 0 Å². The van der Waals surface area contributed by atoms with E-state index in [0.717, 1.165) is 21.7 Å². The monoisotopic (exact) mass is 236 g/mol. The number of nitrogens with zero attached hydrogens (tertiary/aromatic N) is 2. The van der Waals surface area contributed by atoms with Gasteiger partial charge in [-0.3, -0.25) is 4.79 Å². The number of aromatic nitrogens is 2. The molecule has 0 bridgehead atoms. The lowest BCUT2D eigenvalue weighted by Gasteiger charge is -2.00. The van der Waals surface area contributed by atoms with E-state index in [1.807, 2.05) is 6.92 Å². The molecule has 0 spiro atoms. The van der Waals surface area contributed by atoms with Gasteiger partial charge in [0.05, 0.1) is 11.4 Å². The van der Waals surface area contributed by atoms with Gasteiger partial charge in [-0.05, 0) is 6.92 Å². The Hall–Kier alpha value is -1.69. The first-order chi connectivity index (χ1) is 7.67. The quantitative estimate of drug-likeness (QED) is 0.827. The number of nitrogens with one attached hydrogen (secondary N) is 2. The van der Waals surface area contributed by atoms with E-state index < -0.39 is 0 Å². The molecule has 6 heteroatoms. The SMILES string of the molecule is CNC(=O)c1sc2nc(C)cnc2c1NC. The van der Waals surface area contributed by atoms with Crippen LogP contribution in [0, 0.1) is 6.92 Å². The minimum absolute atomic E-state index is 0.119. The van der Waals surface area contributed by atoms with Gasteiger partial charge in [0.1, 0.15) is 15.2 Å². The van der Waals surface area contributed by atoms with E-state index >= 15 is 0 Å². The summed E-state index contributed by atoms with van der Waals surface area (Å²) < 4.78 is 0. The van der Waals surface area contributed by atoms with Crippen LogP contribution in [0.15, 0.2) is 6.20 Å². The molecule has 0 aliphatic rings. The summed E-state index contributed by atoms with van der Waals surface area (Å²) in [6.45, 7) is 1.88. The third-order valence-electron chi connectivity index (χ3n) is 2.21. The van der Waals surface area contributed by atoms with Crippen LogP contribution in [-0.2, 0) is 0 Å². The number of amides is 1. The van der Waals surface area contributed by atoms with Crippen LogP contribution >= 0.6 is 11.3 Å². The van der Waals surface area contributed by atoms with E-state index in [4.69, 9.17) is 0 Å². The van der Waals surface area contributed by atoms with Crippen LogP contribution < -0.4 is 10.6 Å². The third kappa shape index (κ3) is 1.61. The molecule has 0 aliphatic heterocycles. The van der Waals surface area contributed by atoms with Crippen molar-refractivity contribution in [3.63, 3.8) is 0 Å². The number of thiophene rings is 1. The molecular weight excluding hydrogens is 224 g/mol. The minimum Gasteiger partial charge on any atom is -0.385 e. The van der Waals surface area contributed by atoms with E-state index in [-0.39, 0.29) is 5.91 Å². The van der Waals surface area contributed by atoms with Gasteiger partial charge < -0.3 is 10.6 Å². The van der Waals surface area contributed by atoms with Crippen molar-refractivity contribution in [1.82, 2.24) is 15.3 Å². The molecule has 0 saturated heterocycles. The molecule has 1 amide bonds. The van der Waals surface area contributed by atoms with E-state index in [1.54, 1.807) is 20.3 Å². The molecule has 5 nitrogen and oxygen atoms in total. The first-order valence-electron chi connectivity index (χ1n) is 4.83. The maximum absolute atomic E-state index is 11.7. The Bertz CT molecular complexity index is 549. The molecule has 84 valence electrons. The lowest BCUT2D eigenvalue weighted by atomic mass is 10.3. The first-order valence-corrected chi connectivity index (χ1v) is 5.65. The molecule has 0 aliphatic carbocycles. The molecule has 2 rings (SSSR count). The molecule has 2 aromatic heterocycles. The summed E-state index contributed by atoms with van der Waals surface area (Å²) >= 11 is 1.35. The van der Waals surface area contributed by atoms with Crippen LogP contribution in [0.5, 0.6) is 0 Å². The van der Waals surface area contributed by atoms with Crippen molar-refractivity contribution < 1.29 is 4.79 Å². The molecule has 0 radical (unpaired) electrons. The van der Waals surface area contributed by atoms with Gasteiger partial charge in [-0.2, -0.15) is 0 Å². The number of anilines is 1. The zero-order chi connectivity index (χ0) is 11.7. The average molecular weight is 236 g/mol. The van der Waals surface area contributed by atoms with Crippen molar-refractivity contribution in [3.05, 3.63) is 16.8 Å².